The third-order valence-corrected chi connectivity index (χ3v) is 3.92. The van der Waals surface area contributed by atoms with E-state index in [2.05, 4.69) is 5.32 Å². The van der Waals surface area contributed by atoms with Crippen LogP contribution in [0.15, 0.2) is 0 Å². The van der Waals surface area contributed by atoms with Crippen molar-refractivity contribution in [1.82, 2.24) is 5.32 Å². The largest absolute Gasteiger partial charge is 0.385 e. The van der Waals surface area contributed by atoms with E-state index in [4.69, 9.17) is 4.74 Å². The lowest BCUT2D eigenvalue weighted by Gasteiger charge is -2.22. The maximum atomic E-state index is 5.04. The number of nitrogens with one attached hydrogen (secondary N) is 1. The molecule has 14 heavy (non-hydrogen) atoms. The van der Waals surface area contributed by atoms with Crippen LogP contribution >= 0.6 is 0 Å². The molecule has 0 unspecified atom stereocenters. The van der Waals surface area contributed by atoms with Gasteiger partial charge >= 0.3 is 0 Å². The molecule has 2 fully saturated rings. The molecule has 1 N–H and O–H groups in total. The van der Waals surface area contributed by atoms with E-state index in [0.717, 1.165) is 24.5 Å². The van der Waals surface area contributed by atoms with Crippen molar-refractivity contribution in [3.05, 3.63) is 0 Å². The molecule has 0 aromatic rings. The summed E-state index contributed by atoms with van der Waals surface area (Å²) in [4.78, 5) is 0. The second-order valence-electron chi connectivity index (χ2n) is 4.94. The van der Waals surface area contributed by atoms with E-state index in [1.165, 1.54) is 45.1 Å². The van der Waals surface area contributed by atoms with Gasteiger partial charge in [-0.3, -0.25) is 0 Å². The van der Waals surface area contributed by atoms with Crippen LogP contribution in [0.1, 0.15) is 38.5 Å². The van der Waals surface area contributed by atoms with Crippen molar-refractivity contribution in [2.45, 2.75) is 44.6 Å². The highest BCUT2D eigenvalue weighted by molar-refractivity contribution is 4.93. The average Bonchev–Trinajstić information content (AvgIpc) is 2.79. The lowest BCUT2D eigenvalue weighted by molar-refractivity contribution is 0.191. The zero-order chi connectivity index (χ0) is 9.80. The molecule has 2 aliphatic rings. The summed E-state index contributed by atoms with van der Waals surface area (Å²) in [7, 11) is 1.78. The van der Waals surface area contributed by atoms with Crippen LogP contribution in [0.3, 0.4) is 0 Å². The second kappa shape index (κ2) is 5.13. The van der Waals surface area contributed by atoms with Gasteiger partial charge in [-0.05, 0) is 50.5 Å². The number of unbranched alkanes of at least 4 members (excludes halogenated alkanes) is 1. The molecule has 0 aliphatic heterocycles. The van der Waals surface area contributed by atoms with Crippen LogP contribution in [-0.4, -0.2) is 26.3 Å². The van der Waals surface area contributed by atoms with Crippen LogP contribution in [-0.2, 0) is 4.74 Å². The van der Waals surface area contributed by atoms with Gasteiger partial charge in [0.15, 0.2) is 0 Å². The van der Waals surface area contributed by atoms with Gasteiger partial charge in [0, 0.05) is 19.8 Å². The first kappa shape index (κ1) is 10.4. The Hall–Kier alpha value is -0.0800. The third-order valence-electron chi connectivity index (χ3n) is 3.92. The monoisotopic (exact) mass is 197 g/mol. The fourth-order valence-corrected chi connectivity index (χ4v) is 3.15. The summed E-state index contributed by atoms with van der Waals surface area (Å²) in [6.45, 7) is 2.11. The van der Waals surface area contributed by atoms with E-state index >= 15 is 0 Å². The minimum Gasteiger partial charge on any atom is -0.385 e. The van der Waals surface area contributed by atoms with Crippen LogP contribution < -0.4 is 5.32 Å². The topological polar surface area (TPSA) is 21.3 Å². The first-order chi connectivity index (χ1) is 6.90. The molecule has 2 nitrogen and oxygen atoms in total. The van der Waals surface area contributed by atoms with Gasteiger partial charge < -0.3 is 10.1 Å². The molecule has 2 saturated carbocycles. The summed E-state index contributed by atoms with van der Waals surface area (Å²) in [6.07, 6.45) is 8.42. The minimum absolute atomic E-state index is 0.858. The summed E-state index contributed by atoms with van der Waals surface area (Å²) in [5, 5.41) is 3.72. The first-order valence-electron chi connectivity index (χ1n) is 6.12. The molecule has 3 atom stereocenters. The summed E-state index contributed by atoms with van der Waals surface area (Å²) in [5.41, 5.74) is 0. The Kier molecular flexibility index (Phi) is 3.82. The van der Waals surface area contributed by atoms with E-state index in [1.807, 2.05) is 0 Å². The van der Waals surface area contributed by atoms with E-state index in [1.54, 1.807) is 7.11 Å². The van der Waals surface area contributed by atoms with Crippen molar-refractivity contribution in [3.63, 3.8) is 0 Å². The molecule has 2 rings (SSSR count). The number of ether oxygens (including phenoxy) is 1. The van der Waals surface area contributed by atoms with Crippen molar-refractivity contribution in [1.29, 1.82) is 0 Å². The summed E-state index contributed by atoms with van der Waals surface area (Å²) in [6, 6.07) is 0.858. The molecule has 0 spiro atoms. The number of hydrogen-bond acceptors (Lipinski definition) is 2. The molecule has 0 heterocycles. The van der Waals surface area contributed by atoms with Gasteiger partial charge in [0.1, 0.15) is 0 Å². The molecule has 2 bridgehead atoms. The number of rotatable bonds is 6. The maximum Gasteiger partial charge on any atom is 0.0462 e. The van der Waals surface area contributed by atoms with Gasteiger partial charge in [-0.2, -0.15) is 0 Å². The predicted octanol–water partition coefficient (Wildman–Crippen LogP) is 2.19. The van der Waals surface area contributed by atoms with Crippen LogP contribution in [0.4, 0.5) is 0 Å². The minimum atomic E-state index is 0.858. The van der Waals surface area contributed by atoms with Crippen molar-refractivity contribution in [2.75, 3.05) is 20.3 Å². The SMILES string of the molecule is COCCCCN[C@@H]1C[C@H]2CC[C@H]1C2. The van der Waals surface area contributed by atoms with Gasteiger partial charge in [-0.1, -0.05) is 6.42 Å². The average molecular weight is 197 g/mol. The van der Waals surface area contributed by atoms with Gasteiger partial charge in [-0.15, -0.1) is 0 Å². The molecular weight excluding hydrogens is 174 g/mol. The van der Waals surface area contributed by atoms with Crippen LogP contribution in [0.5, 0.6) is 0 Å². The Morgan fingerprint density at radius 3 is 2.79 bits per heavy atom. The molecule has 2 aliphatic carbocycles. The lowest BCUT2D eigenvalue weighted by Crippen LogP contribution is -2.34. The standard InChI is InChI=1S/C12H23NO/c1-14-7-3-2-6-13-12-9-10-4-5-11(12)8-10/h10-13H,2-9H2,1H3/t10-,11-,12+/m0/s1. The van der Waals surface area contributed by atoms with Crippen LogP contribution in [0.2, 0.25) is 0 Å². The van der Waals surface area contributed by atoms with Crippen molar-refractivity contribution in [2.24, 2.45) is 11.8 Å². The van der Waals surface area contributed by atoms with E-state index in [9.17, 15) is 0 Å². The van der Waals surface area contributed by atoms with Crippen LogP contribution in [0.25, 0.3) is 0 Å². The Morgan fingerprint density at radius 1 is 1.21 bits per heavy atom. The molecule has 0 amide bonds. The van der Waals surface area contributed by atoms with E-state index in [-0.39, 0.29) is 0 Å². The van der Waals surface area contributed by atoms with Crippen LogP contribution in [0, 0.1) is 11.8 Å². The van der Waals surface area contributed by atoms with Gasteiger partial charge in [-0.25, -0.2) is 0 Å². The summed E-state index contributed by atoms with van der Waals surface area (Å²) in [5.74, 6) is 2.08. The molecule has 0 aromatic heterocycles. The quantitative estimate of drug-likeness (QED) is 0.659. The molecule has 2 heteroatoms. The summed E-state index contributed by atoms with van der Waals surface area (Å²) < 4.78 is 5.04. The summed E-state index contributed by atoms with van der Waals surface area (Å²) >= 11 is 0. The Bertz CT molecular complexity index is 172. The lowest BCUT2D eigenvalue weighted by atomic mass is 9.95. The predicted molar refractivity (Wildman–Crippen MR) is 58.3 cm³/mol. The first-order valence-corrected chi connectivity index (χ1v) is 6.12. The maximum absolute atomic E-state index is 5.04. The Morgan fingerprint density at radius 2 is 2.14 bits per heavy atom. The molecule has 82 valence electrons. The highest BCUT2D eigenvalue weighted by Crippen LogP contribution is 2.44. The molecule has 0 saturated heterocycles. The Labute approximate surface area is 87.4 Å². The zero-order valence-corrected chi connectivity index (χ0v) is 9.30. The van der Waals surface area contributed by atoms with Crippen molar-refractivity contribution >= 4 is 0 Å². The Balaban J connectivity index is 1.54. The number of methoxy groups -OCH3 is 1. The van der Waals surface area contributed by atoms with E-state index in [0.29, 0.717) is 0 Å². The third kappa shape index (κ3) is 2.48. The van der Waals surface area contributed by atoms with E-state index < -0.39 is 0 Å². The molecule has 0 radical (unpaired) electrons. The van der Waals surface area contributed by atoms with Gasteiger partial charge in [0.2, 0.25) is 0 Å². The molecule has 0 aromatic carbocycles. The highest BCUT2D eigenvalue weighted by Gasteiger charge is 2.38. The van der Waals surface area contributed by atoms with Crippen molar-refractivity contribution < 1.29 is 4.74 Å². The fraction of sp³-hybridized carbons (Fsp3) is 1.00. The number of hydrogen-bond donors (Lipinski definition) is 1. The molecular formula is C12H23NO. The zero-order valence-electron chi connectivity index (χ0n) is 9.30. The normalized spacial score (nSPS) is 35.4. The number of fused-ring (bicyclic) bond motifs is 2. The smallest absolute Gasteiger partial charge is 0.0462 e. The van der Waals surface area contributed by atoms with Crippen molar-refractivity contribution in [3.8, 4) is 0 Å². The van der Waals surface area contributed by atoms with Gasteiger partial charge in [0.25, 0.3) is 0 Å². The van der Waals surface area contributed by atoms with Gasteiger partial charge in [0.05, 0.1) is 0 Å². The second-order valence-corrected chi connectivity index (χ2v) is 4.94. The fourth-order valence-electron chi connectivity index (χ4n) is 3.15. The highest BCUT2D eigenvalue weighted by atomic mass is 16.5.